The Hall–Kier alpha value is -2.87. The predicted molar refractivity (Wildman–Crippen MR) is 111 cm³/mol. The second-order valence-corrected chi connectivity index (χ2v) is 6.99. The molecule has 2 heteroatoms. The van der Waals surface area contributed by atoms with Crippen LogP contribution in [0.2, 0.25) is 0 Å². The molecule has 1 aliphatic rings. The van der Waals surface area contributed by atoms with Gasteiger partial charge >= 0.3 is 0 Å². The van der Waals surface area contributed by atoms with E-state index in [4.69, 9.17) is 0 Å². The third-order valence-electron chi connectivity index (χ3n) is 5.06. The number of allylic oxidation sites excluding steroid dienone is 1. The molecular weight excluding hydrogens is 316 g/mol. The van der Waals surface area contributed by atoms with E-state index in [1.807, 2.05) is 0 Å². The third kappa shape index (κ3) is 2.82. The minimum Gasteiger partial charge on any atom is -0.341 e. The summed E-state index contributed by atoms with van der Waals surface area (Å²) < 4.78 is 2.33. The van der Waals surface area contributed by atoms with Crippen molar-refractivity contribution in [2.75, 3.05) is 11.4 Å². The molecule has 1 aromatic heterocycles. The molecule has 2 aromatic carbocycles. The van der Waals surface area contributed by atoms with Crippen LogP contribution in [-0.4, -0.2) is 6.54 Å². The van der Waals surface area contributed by atoms with E-state index >= 15 is 0 Å². The fourth-order valence-corrected chi connectivity index (χ4v) is 3.77. The summed E-state index contributed by atoms with van der Waals surface area (Å²) in [6.45, 7) is 7.61. The number of fused-ring (bicyclic) bond motifs is 2. The smallest absolute Gasteiger partial charge is 0.213 e. The molecule has 0 N–H and O–H groups in total. The SMILES string of the molecule is CCN1C(=Cc2cc[n+](C(C)C)c3ccccc23)C=Cc2ccccc21. The summed E-state index contributed by atoms with van der Waals surface area (Å²) in [5, 5.41) is 1.29. The van der Waals surface area contributed by atoms with Gasteiger partial charge in [0.1, 0.15) is 0 Å². The number of benzene rings is 2. The van der Waals surface area contributed by atoms with E-state index in [0.717, 1.165) is 6.54 Å². The van der Waals surface area contributed by atoms with Crippen molar-refractivity contribution in [3.05, 3.63) is 83.7 Å². The highest BCUT2D eigenvalue weighted by molar-refractivity contribution is 5.88. The molecule has 0 spiro atoms. The first-order chi connectivity index (χ1) is 12.7. The van der Waals surface area contributed by atoms with Crippen LogP contribution in [0.5, 0.6) is 0 Å². The summed E-state index contributed by atoms with van der Waals surface area (Å²) in [4.78, 5) is 2.38. The lowest BCUT2D eigenvalue weighted by molar-refractivity contribution is -0.691. The number of para-hydroxylation sites is 2. The average Bonchev–Trinajstić information content (AvgIpc) is 2.67. The van der Waals surface area contributed by atoms with Crippen molar-refractivity contribution in [3.63, 3.8) is 0 Å². The number of hydrogen-bond acceptors (Lipinski definition) is 1. The largest absolute Gasteiger partial charge is 0.341 e. The molecule has 0 unspecified atom stereocenters. The highest BCUT2D eigenvalue weighted by Crippen LogP contribution is 2.32. The van der Waals surface area contributed by atoms with Gasteiger partial charge in [-0.1, -0.05) is 36.4 Å². The van der Waals surface area contributed by atoms with Gasteiger partial charge in [0.15, 0.2) is 12.2 Å². The summed E-state index contributed by atoms with van der Waals surface area (Å²) in [7, 11) is 0. The third-order valence-corrected chi connectivity index (χ3v) is 5.06. The first kappa shape index (κ1) is 16.6. The Morgan fingerprint density at radius 3 is 2.54 bits per heavy atom. The van der Waals surface area contributed by atoms with E-state index in [1.54, 1.807) is 0 Å². The molecule has 3 aromatic rings. The van der Waals surface area contributed by atoms with E-state index in [2.05, 4.69) is 109 Å². The number of anilines is 1. The first-order valence-electron chi connectivity index (χ1n) is 9.38. The van der Waals surface area contributed by atoms with Gasteiger partial charge in [0.25, 0.3) is 0 Å². The Balaban J connectivity index is 1.86. The maximum absolute atomic E-state index is 2.38. The summed E-state index contributed by atoms with van der Waals surface area (Å²) in [5.74, 6) is 0. The van der Waals surface area contributed by atoms with Crippen LogP contribution in [0, 0.1) is 0 Å². The maximum atomic E-state index is 2.38. The Kier molecular flexibility index (Phi) is 4.34. The summed E-state index contributed by atoms with van der Waals surface area (Å²) in [5.41, 5.74) is 6.33. The van der Waals surface area contributed by atoms with Gasteiger partial charge in [-0.25, -0.2) is 0 Å². The molecule has 4 rings (SSSR count). The monoisotopic (exact) mass is 341 g/mol. The number of likely N-dealkylation sites (N-methyl/N-ethyl adjacent to an activating group) is 1. The zero-order valence-corrected chi connectivity index (χ0v) is 15.7. The van der Waals surface area contributed by atoms with Crippen LogP contribution in [0.4, 0.5) is 5.69 Å². The van der Waals surface area contributed by atoms with E-state index in [1.165, 1.54) is 33.4 Å². The molecule has 1 aliphatic heterocycles. The molecule has 0 saturated carbocycles. The average molecular weight is 341 g/mol. The zero-order chi connectivity index (χ0) is 18.1. The first-order valence-corrected chi connectivity index (χ1v) is 9.38. The fourth-order valence-electron chi connectivity index (χ4n) is 3.77. The lowest BCUT2D eigenvalue weighted by Crippen LogP contribution is -2.36. The highest BCUT2D eigenvalue weighted by Gasteiger charge is 2.18. The number of nitrogens with zero attached hydrogens (tertiary/aromatic N) is 2. The summed E-state index contributed by atoms with van der Waals surface area (Å²) >= 11 is 0. The summed E-state index contributed by atoms with van der Waals surface area (Å²) in [6.07, 6.45) is 8.95. The minimum atomic E-state index is 0.440. The number of aromatic nitrogens is 1. The van der Waals surface area contributed by atoms with Crippen molar-refractivity contribution in [1.82, 2.24) is 0 Å². The number of hydrogen-bond donors (Lipinski definition) is 0. The van der Waals surface area contributed by atoms with Crippen molar-refractivity contribution >= 4 is 28.7 Å². The molecule has 0 radical (unpaired) electrons. The van der Waals surface area contributed by atoms with Gasteiger partial charge in [-0.15, -0.1) is 0 Å². The van der Waals surface area contributed by atoms with E-state index in [0.29, 0.717) is 6.04 Å². The molecule has 0 saturated heterocycles. The van der Waals surface area contributed by atoms with Crippen LogP contribution >= 0.6 is 0 Å². The number of pyridine rings is 1. The molecule has 2 heterocycles. The van der Waals surface area contributed by atoms with Gasteiger partial charge in [-0.2, -0.15) is 4.57 Å². The van der Waals surface area contributed by atoms with Crippen LogP contribution in [-0.2, 0) is 0 Å². The predicted octanol–water partition coefficient (Wildman–Crippen LogP) is 5.60. The molecule has 0 amide bonds. The van der Waals surface area contributed by atoms with Crippen molar-refractivity contribution in [2.45, 2.75) is 26.8 Å². The van der Waals surface area contributed by atoms with E-state index < -0.39 is 0 Å². The summed E-state index contributed by atoms with van der Waals surface area (Å²) in [6, 6.07) is 19.9. The van der Waals surface area contributed by atoms with Crippen LogP contribution in [0.15, 0.2) is 72.6 Å². The van der Waals surface area contributed by atoms with Gasteiger partial charge in [0.2, 0.25) is 5.52 Å². The zero-order valence-electron chi connectivity index (χ0n) is 15.7. The van der Waals surface area contributed by atoms with Gasteiger partial charge in [-0.3, -0.25) is 0 Å². The van der Waals surface area contributed by atoms with E-state index in [-0.39, 0.29) is 0 Å². The molecule has 0 atom stereocenters. The highest BCUT2D eigenvalue weighted by atomic mass is 15.1. The molecule has 0 bridgehead atoms. The van der Waals surface area contributed by atoms with Gasteiger partial charge in [-0.05, 0) is 56.2 Å². The fraction of sp³-hybridized carbons (Fsp3) is 0.208. The Morgan fingerprint density at radius 1 is 0.962 bits per heavy atom. The van der Waals surface area contributed by atoms with Crippen LogP contribution in [0.25, 0.3) is 23.1 Å². The van der Waals surface area contributed by atoms with Crippen LogP contribution in [0.3, 0.4) is 0 Å². The van der Waals surface area contributed by atoms with Gasteiger partial charge in [0.05, 0.1) is 5.39 Å². The van der Waals surface area contributed by atoms with Crippen molar-refractivity contribution in [3.8, 4) is 0 Å². The van der Waals surface area contributed by atoms with Gasteiger partial charge < -0.3 is 4.90 Å². The molecule has 0 fully saturated rings. The normalized spacial score (nSPS) is 15.1. The standard InChI is InChI=1S/C24H25N2/c1-4-25-21(14-13-19-9-5-7-11-23(19)25)17-20-15-16-26(18(2)3)24-12-8-6-10-22(20)24/h5-18H,4H2,1-3H3/q+1. The quantitative estimate of drug-likeness (QED) is 0.562. The minimum absolute atomic E-state index is 0.440. The Bertz CT molecular complexity index is 1010. The second-order valence-electron chi connectivity index (χ2n) is 6.99. The Labute approximate surface area is 155 Å². The maximum Gasteiger partial charge on any atom is 0.213 e. The molecule has 130 valence electrons. The van der Waals surface area contributed by atoms with Crippen LogP contribution < -0.4 is 9.47 Å². The van der Waals surface area contributed by atoms with E-state index in [9.17, 15) is 0 Å². The van der Waals surface area contributed by atoms with Crippen molar-refractivity contribution in [2.24, 2.45) is 0 Å². The number of rotatable bonds is 3. The molecule has 2 nitrogen and oxygen atoms in total. The molecular formula is C24H25N2+. The van der Waals surface area contributed by atoms with Crippen molar-refractivity contribution < 1.29 is 4.57 Å². The Morgan fingerprint density at radius 2 is 1.73 bits per heavy atom. The topological polar surface area (TPSA) is 7.12 Å². The van der Waals surface area contributed by atoms with Gasteiger partial charge in [0, 0.05) is 30.1 Å². The molecule has 0 aliphatic carbocycles. The van der Waals surface area contributed by atoms with Crippen molar-refractivity contribution in [1.29, 1.82) is 0 Å². The second kappa shape index (κ2) is 6.80. The lowest BCUT2D eigenvalue weighted by atomic mass is 10.0. The molecule has 26 heavy (non-hydrogen) atoms. The lowest BCUT2D eigenvalue weighted by Gasteiger charge is -2.29. The van der Waals surface area contributed by atoms with Crippen LogP contribution in [0.1, 0.15) is 37.9 Å².